The first kappa shape index (κ1) is 12.2. The van der Waals surface area contributed by atoms with Gasteiger partial charge in [-0.2, -0.15) is 0 Å². The van der Waals surface area contributed by atoms with Crippen LogP contribution >= 0.6 is 11.6 Å². The summed E-state index contributed by atoms with van der Waals surface area (Å²) >= 11 is 5.88. The van der Waals surface area contributed by atoms with Crippen molar-refractivity contribution in [1.29, 1.82) is 0 Å². The lowest BCUT2D eigenvalue weighted by molar-refractivity contribution is -0.150. The SMILES string of the molecule is C[C@H](OCC1Cc2cc(Cl)ccc2O1)C(=O)O. The monoisotopic (exact) mass is 256 g/mol. The number of carboxylic acids is 1. The molecule has 0 aromatic heterocycles. The van der Waals surface area contributed by atoms with Crippen LogP contribution in [0.4, 0.5) is 0 Å². The van der Waals surface area contributed by atoms with E-state index in [2.05, 4.69) is 0 Å². The topological polar surface area (TPSA) is 55.8 Å². The van der Waals surface area contributed by atoms with E-state index in [-0.39, 0.29) is 12.7 Å². The molecule has 1 heterocycles. The van der Waals surface area contributed by atoms with Gasteiger partial charge in [0.05, 0.1) is 6.61 Å². The second-order valence-electron chi connectivity index (χ2n) is 4.01. The molecule has 92 valence electrons. The highest BCUT2D eigenvalue weighted by atomic mass is 35.5. The van der Waals surface area contributed by atoms with Gasteiger partial charge in [-0.1, -0.05) is 11.6 Å². The van der Waals surface area contributed by atoms with Gasteiger partial charge < -0.3 is 14.6 Å². The standard InChI is InChI=1S/C12H13ClO4/c1-7(12(14)15)16-6-10-5-8-4-9(13)2-3-11(8)17-10/h2-4,7,10H,5-6H2,1H3,(H,14,15)/t7-,10?/m0/s1. The molecular weight excluding hydrogens is 244 g/mol. The average Bonchev–Trinajstić information content (AvgIpc) is 2.67. The molecule has 0 radical (unpaired) electrons. The lowest BCUT2D eigenvalue weighted by Gasteiger charge is -2.13. The van der Waals surface area contributed by atoms with Crippen LogP contribution < -0.4 is 4.74 Å². The Morgan fingerprint density at radius 2 is 2.47 bits per heavy atom. The Labute approximate surface area is 104 Å². The normalized spacial score (nSPS) is 19.5. The van der Waals surface area contributed by atoms with E-state index < -0.39 is 12.1 Å². The van der Waals surface area contributed by atoms with Crippen molar-refractivity contribution in [2.24, 2.45) is 0 Å². The Kier molecular flexibility index (Phi) is 3.54. The van der Waals surface area contributed by atoms with E-state index in [0.717, 1.165) is 11.3 Å². The van der Waals surface area contributed by atoms with Gasteiger partial charge in [0.1, 0.15) is 11.9 Å². The van der Waals surface area contributed by atoms with E-state index in [9.17, 15) is 4.79 Å². The van der Waals surface area contributed by atoms with Crippen LogP contribution in [-0.4, -0.2) is 29.9 Å². The van der Waals surface area contributed by atoms with Gasteiger partial charge in [0, 0.05) is 11.4 Å². The molecule has 1 aromatic carbocycles. The minimum atomic E-state index is -0.969. The fraction of sp³-hybridized carbons (Fsp3) is 0.417. The first-order valence-electron chi connectivity index (χ1n) is 5.36. The molecule has 17 heavy (non-hydrogen) atoms. The maximum absolute atomic E-state index is 10.6. The van der Waals surface area contributed by atoms with Crippen molar-refractivity contribution in [2.75, 3.05) is 6.61 Å². The summed E-state index contributed by atoms with van der Waals surface area (Å²) < 4.78 is 10.8. The Balaban J connectivity index is 1.90. The van der Waals surface area contributed by atoms with Gasteiger partial charge in [-0.15, -0.1) is 0 Å². The van der Waals surface area contributed by atoms with Gasteiger partial charge in [-0.05, 0) is 30.7 Å². The Hall–Kier alpha value is -1.26. The number of aliphatic carboxylic acids is 1. The quantitative estimate of drug-likeness (QED) is 0.897. The van der Waals surface area contributed by atoms with Crippen LogP contribution in [0.2, 0.25) is 5.02 Å². The Morgan fingerprint density at radius 3 is 3.18 bits per heavy atom. The van der Waals surface area contributed by atoms with E-state index in [1.54, 1.807) is 6.07 Å². The third-order valence-corrected chi connectivity index (χ3v) is 2.88. The lowest BCUT2D eigenvalue weighted by atomic mass is 10.1. The van der Waals surface area contributed by atoms with Crippen LogP contribution in [-0.2, 0) is 16.0 Å². The summed E-state index contributed by atoms with van der Waals surface area (Å²) in [5.41, 5.74) is 1.04. The molecular formula is C12H13ClO4. The average molecular weight is 257 g/mol. The summed E-state index contributed by atoms with van der Waals surface area (Å²) in [6.45, 7) is 1.76. The minimum Gasteiger partial charge on any atom is -0.487 e. The molecule has 0 saturated carbocycles. The Morgan fingerprint density at radius 1 is 1.71 bits per heavy atom. The zero-order valence-corrected chi connectivity index (χ0v) is 10.1. The fourth-order valence-corrected chi connectivity index (χ4v) is 1.90. The summed E-state index contributed by atoms with van der Waals surface area (Å²) in [5.74, 6) is -0.172. The number of benzene rings is 1. The second kappa shape index (κ2) is 4.94. The van der Waals surface area contributed by atoms with Gasteiger partial charge in [-0.3, -0.25) is 0 Å². The van der Waals surface area contributed by atoms with E-state index in [1.807, 2.05) is 12.1 Å². The molecule has 4 nitrogen and oxygen atoms in total. The predicted octanol–water partition coefficient (Wildman–Crippen LogP) is 2.13. The number of carboxylic acid groups (broad SMARTS) is 1. The molecule has 1 aromatic rings. The second-order valence-corrected chi connectivity index (χ2v) is 4.45. The molecule has 2 rings (SSSR count). The number of hydrogen-bond acceptors (Lipinski definition) is 3. The molecule has 0 fully saturated rings. The van der Waals surface area contributed by atoms with E-state index in [4.69, 9.17) is 26.2 Å². The molecule has 1 N–H and O–H groups in total. The molecule has 0 bridgehead atoms. The minimum absolute atomic E-state index is 0.134. The van der Waals surface area contributed by atoms with E-state index in [1.165, 1.54) is 6.92 Å². The van der Waals surface area contributed by atoms with Crippen molar-refractivity contribution in [2.45, 2.75) is 25.6 Å². The van der Waals surface area contributed by atoms with Crippen molar-refractivity contribution in [3.05, 3.63) is 28.8 Å². The molecule has 0 aliphatic carbocycles. The molecule has 2 atom stereocenters. The number of carbonyl (C=O) groups is 1. The number of fused-ring (bicyclic) bond motifs is 1. The van der Waals surface area contributed by atoms with Crippen molar-refractivity contribution >= 4 is 17.6 Å². The van der Waals surface area contributed by atoms with Crippen LogP contribution in [0.15, 0.2) is 18.2 Å². The number of hydrogen-bond donors (Lipinski definition) is 1. The third-order valence-electron chi connectivity index (χ3n) is 2.64. The third kappa shape index (κ3) is 2.90. The molecule has 1 aliphatic heterocycles. The number of rotatable bonds is 4. The van der Waals surface area contributed by atoms with Crippen molar-refractivity contribution in [3.8, 4) is 5.75 Å². The summed E-state index contributed by atoms with van der Waals surface area (Å²) in [4.78, 5) is 10.6. The summed E-state index contributed by atoms with van der Waals surface area (Å²) in [7, 11) is 0. The van der Waals surface area contributed by atoms with E-state index >= 15 is 0 Å². The summed E-state index contributed by atoms with van der Waals surface area (Å²) in [5, 5.41) is 9.36. The molecule has 0 amide bonds. The summed E-state index contributed by atoms with van der Waals surface area (Å²) in [6, 6.07) is 5.44. The van der Waals surface area contributed by atoms with Crippen molar-refractivity contribution in [3.63, 3.8) is 0 Å². The molecule has 1 aliphatic rings. The first-order valence-corrected chi connectivity index (χ1v) is 5.73. The fourth-order valence-electron chi connectivity index (χ4n) is 1.70. The zero-order chi connectivity index (χ0) is 12.4. The van der Waals surface area contributed by atoms with Crippen LogP contribution in [0.5, 0.6) is 5.75 Å². The smallest absolute Gasteiger partial charge is 0.332 e. The van der Waals surface area contributed by atoms with Crippen molar-refractivity contribution < 1.29 is 19.4 Å². The van der Waals surface area contributed by atoms with Crippen molar-refractivity contribution in [1.82, 2.24) is 0 Å². The van der Waals surface area contributed by atoms with Gasteiger partial charge in [0.15, 0.2) is 6.10 Å². The van der Waals surface area contributed by atoms with Gasteiger partial charge in [-0.25, -0.2) is 4.79 Å². The number of ether oxygens (including phenoxy) is 2. The first-order chi connectivity index (χ1) is 8.06. The highest BCUT2D eigenvalue weighted by Crippen LogP contribution is 2.31. The largest absolute Gasteiger partial charge is 0.487 e. The summed E-state index contributed by atoms with van der Waals surface area (Å²) in [6.07, 6.45) is -0.251. The molecule has 1 unspecified atom stereocenters. The van der Waals surface area contributed by atoms with Crippen LogP contribution in [0, 0.1) is 0 Å². The van der Waals surface area contributed by atoms with Crippen LogP contribution in [0.3, 0.4) is 0 Å². The maximum atomic E-state index is 10.6. The van der Waals surface area contributed by atoms with Gasteiger partial charge in [0.2, 0.25) is 0 Å². The van der Waals surface area contributed by atoms with E-state index in [0.29, 0.717) is 11.4 Å². The molecule has 5 heteroatoms. The van der Waals surface area contributed by atoms with Crippen LogP contribution in [0.1, 0.15) is 12.5 Å². The highest BCUT2D eigenvalue weighted by Gasteiger charge is 2.24. The molecule has 0 saturated heterocycles. The zero-order valence-electron chi connectivity index (χ0n) is 9.35. The lowest BCUT2D eigenvalue weighted by Crippen LogP contribution is -2.27. The van der Waals surface area contributed by atoms with Gasteiger partial charge in [0.25, 0.3) is 0 Å². The van der Waals surface area contributed by atoms with Gasteiger partial charge >= 0.3 is 5.97 Å². The highest BCUT2D eigenvalue weighted by molar-refractivity contribution is 6.30. The number of halogens is 1. The maximum Gasteiger partial charge on any atom is 0.332 e. The molecule has 0 spiro atoms. The predicted molar refractivity (Wildman–Crippen MR) is 62.6 cm³/mol. The Bertz CT molecular complexity index is 433. The van der Waals surface area contributed by atoms with Crippen LogP contribution in [0.25, 0.3) is 0 Å².